The van der Waals surface area contributed by atoms with Crippen LogP contribution in [0.5, 0.6) is 0 Å². The van der Waals surface area contributed by atoms with Gasteiger partial charge < -0.3 is 15.0 Å². The largest absolute Gasteiger partial charge is 0.457 e. The van der Waals surface area contributed by atoms with E-state index in [4.69, 9.17) is 4.74 Å². The molecule has 0 saturated carbocycles. The van der Waals surface area contributed by atoms with E-state index in [1.54, 1.807) is 18.7 Å². The van der Waals surface area contributed by atoms with Gasteiger partial charge in [-0.05, 0) is 50.2 Å². The highest BCUT2D eigenvalue weighted by atomic mass is 32.1. The second-order valence-electron chi connectivity index (χ2n) is 8.47. The molecule has 0 amide bonds. The van der Waals surface area contributed by atoms with E-state index in [9.17, 15) is 4.79 Å². The standard InChI is InChI=1S/C26H22N6O2S/c1-15-3-2-4-21(32-15)24-23(30-14-31-24)16-5-6-20-17(9-16)10-18(11-28-20)25-29-13-22(35-25)26(33)34-19-7-8-27-12-19/h2-6,9-11,13-14,19,27H,7-8,12H2,1H3,(H,30,31)/t19-/m1/s1. The highest BCUT2D eigenvalue weighted by Crippen LogP contribution is 2.32. The monoisotopic (exact) mass is 482 g/mol. The molecule has 0 radical (unpaired) electrons. The van der Waals surface area contributed by atoms with Crippen LogP contribution in [-0.4, -0.2) is 50.1 Å². The maximum absolute atomic E-state index is 12.5. The number of carbonyl (C=O) groups excluding carboxylic acids is 1. The van der Waals surface area contributed by atoms with E-state index in [-0.39, 0.29) is 12.1 Å². The van der Waals surface area contributed by atoms with Crippen molar-refractivity contribution in [2.45, 2.75) is 19.4 Å². The normalized spacial score (nSPS) is 15.5. The summed E-state index contributed by atoms with van der Waals surface area (Å²) in [5.41, 5.74) is 6.18. The second-order valence-corrected chi connectivity index (χ2v) is 9.50. The molecule has 1 atom stereocenters. The Bertz CT molecular complexity index is 1540. The highest BCUT2D eigenvalue weighted by Gasteiger charge is 2.22. The van der Waals surface area contributed by atoms with Crippen molar-refractivity contribution in [1.29, 1.82) is 0 Å². The zero-order valence-electron chi connectivity index (χ0n) is 19.0. The van der Waals surface area contributed by atoms with E-state index in [1.165, 1.54) is 11.3 Å². The summed E-state index contributed by atoms with van der Waals surface area (Å²) in [4.78, 5) is 34.5. The lowest BCUT2D eigenvalue weighted by Crippen LogP contribution is -2.20. The van der Waals surface area contributed by atoms with E-state index in [0.717, 1.165) is 62.8 Å². The number of aromatic nitrogens is 5. The first-order valence-electron chi connectivity index (χ1n) is 11.4. The zero-order chi connectivity index (χ0) is 23.8. The Labute approximate surface area is 205 Å². The fraction of sp³-hybridized carbons (Fsp3) is 0.192. The van der Waals surface area contributed by atoms with E-state index in [0.29, 0.717) is 11.4 Å². The molecular weight excluding hydrogens is 460 g/mol. The molecule has 0 unspecified atom stereocenters. The third-order valence-corrected chi connectivity index (χ3v) is 7.01. The van der Waals surface area contributed by atoms with Gasteiger partial charge in [-0.2, -0.15) is 0 Å². The lowest BCUT2D eigenvalue weighted by molar-refractivity contribution is 0.0350. The zero-order valence-corrected chi connectivity index (χ0v) is 19.8. The predicted molar refractivity (Wildman–Crippen MR) is 135 cm³/mol. The highest BCUT2D eigenvalue weighted by molar-refractivity contribution is 7.16. The average Bonchev–Trinajstić information content (AvgIpc) is 3.65. The van der Waals surface area contributed by atoms with Gasteiger partial charge in [0.05, 0.1) is 35.1 Å². The number of imidazole rings is 1. The number of fused-ring (bicyclic) bond motifs is 1. The summed E-state index contributed by atoms with van der Waals surface area (Å²) < 4.78 is 5.57. The van der Waals surface area contributed by atoms with Crippen LogP contribution in [0.25, 0.3) is 44.1 Å². The lowest BCUT2D eigenvalue weighted by atomic mass is 10.0. The molecule has 1 aliphatic heterocycles. The van der Waals surface area contributed by atoms with Gasteiger partial charge in [0, 0.05) is 34.9 Å². The smallest absolute Gasteiger partial charge is 0.350 e. The van der Waals surface area contributed by atoms with Gasteiger partial charge in [0.2, 0.25) is 0 Å². The van der Waals surface area contributed by atoms with Crippen molar-refractivity contribution in [3.05, 3.63) is 71.8 Å². The van der Waals surface area contributed by atoms with Gasteiger partial charge in [0.1, 0.15) is 16.0 Å². The Hall–Kier alpha value is -3.95. The molecule has 9 heteroatoms. The fourth-order valence-electron chi connectivity index (χ4n) is 4.23. The van der Waals surface area contributed by atoms with Crippen LogP contribution in [0.2, 0.25) is 0 Å². The molecule has 35 heavy (non-hydrogen) atoms. The van der Waals surface area contributed by atoms with Crippen molar-refractivity contribution >= 4 is 28.2 Å². The Kier molecular flexibility index (Phi) is 5.55. The summed E-state index contributed by atoms with van der Waals surface area (Å²) in [5, 5.41) is 4.89. The molecule has 0 aliphatic carbocycles. The van der Waals surface area contributed by atoms with Gasteiger partial charge in [-0.15, -0.1) is 11.3 Å². The van der Waals surface area contributed by atoms with Crippen LogP contribution in [-0.2, 0) is 4.74 Å². The molecule has 1 aliphatic rings. The van der Waals surface area contributed by atoms with Crippen LogP contribution in [0.1, 0.15) is 21.8 Å². The molecule has 6 rings (SSSR count). The van der Waals surface area contributed by atoms with Crippen molar-refractivity contribution in [3.63, 3.8) is 0 Å². The third-order valence-electron chi connectivity index (χ3n) is 5.98. The molecule has 0 bridgehead atoms. The Morgan fingerprint density at radius 2 is 2.00 bits per heavy atom. The van der Waals surface area contributed by atoms with Crippen molar-refractivity contribution < 1.29 is 9.53 Å². The molecular formula is C26H22N6O2S. The number of nitrogens with zero attached hydrogens (tertiary/aromatic N) is 4. The Balaban J connectivity index is 1.31. The molecule has 5 aromatic rings. The molecule has 1 aromatic carbocycles. The van der Waals surface area contributed by atoms with E-state index >= 15 is 0 Å². The minimum absolute atomic E-state index is 0.0734. The molecule has 174 valence electrons. The quantitative estimate of drug-likeness (QED) is 0.352. The van der Waals surface area contributed by atoms with Crippen molar-refractivity contribution in [3.8, 4) is 33.2 Å². The number of carbonyl (C=O) groups is 1. The number of hydrogen-bond acceptors (Lipinski definition) is 8. The lowest BCUT2D eigenvalue weighted by Gasteiger charge is -2.08. The van der Waals surface area contributed by atoms with E-state index < -0.39 is 0 Å². The summed E-state index contributed by atoms with van der Waals surface area (Å²) in [6.45, 7) is 3.54. The average molecular weight is 483 g/mol. The number of esters is 1. The van der Waals surface area contributed by atoms with Crippen LogP contribution >= 0.6 is 11.3 Å². The van der Waals surface area contributed by atoms with Gasteiger partial charge in [-0.25, -0.2) is 14.8 Å². The first-order valence-corrected chi connectivity index (χ1v) is 12.2. The van der Waals surface area contributed by atoms with Gasteiger partial charge in [0.15, 0.2) is 0 Å². The number of ether oxygens (including phenoxy) is 1. The first-order chi connectivity index (χ1) is 17.1. The van der Waals surface area contributed by atoms with Crippen LogP contribution in [0.15, 0.2) is 61.2 Å². The molecule has 0 spiro atoms. The molecule has 1 fully saturated rings. The number of H-pyrrole nitrogens is 1. The van der Waals surface area contributed by atoms with Gasteiger partial charge >= 0.3 is 5.97 Å². The molecule has 5 heterocycles. The number of benzene rings is 1. The van der Waals surface area contributed by atoms with Gasteiger partial charge in [-0.3, -0.25) is 9.97 Å². The maximum Gasteiger partial charge on any atom is 0.350 e. The van der Waals surface area contributed by atoms with Crippen molar-refractivity contribution in [2.24, 2.45) is 0 Å². The number of thiazole rings is 1. The van der Waals surface area contributed by atoms with Crippen molar-refractivity contribution in [1.82, 2.24) is 30.2 Å². The SMILES string of the molecule is Cc1cccc(-c2[nH]cnc2-c2ccc3ncc(-c4ncc(C(=O)O[C@@H]5CCNC5)s4)cc3c2)n1. The van der Waals surface area contributed by atoms with E-state index in [1.807, 2.05) is 43.3 Å². The number of rotatable bonds is 5. The summed E-state index contributed by atoms with van der Waals surface area (Å²) in [6.07, 6.45) is 5.82. The van der Waals surface area contributed by atoms with Crippen molar-refractivity contribution in [2.75, 3.05) is 13.1 Å². The number of aryl methyl sites for hydroxylation is 1. The summed E-state index contributed by atoms with van der Waals surface area (Å²) in [5.74, 6) is -0.325. The summed E-state index contributed by atoms with van der Waals surface area (Å²) in [7, 11) is 0. The minimum atomic E-state index is -0.325. The summed E-state index contributed by atoms with van der Waals surface area (Å²) in [6, 6.07) is 14.0. The first kappa shape index (κ1) is 21.6. The Morgan fingerprint density at radius 3 is 2.86 bits per heavy atom. The Morgan fingerprint density at radius 1 is 1.09 bits per heavy atom. The third kappa shape index (κ3) is 4.31. The number of aromatic amines is 1. The molecule has 1 saturated heterocycles. The minimum Gasteiger partial charge on any atom is -0.457 e. The predicted octanol–water partition coefficient (Wildman–Crippen LogP) is 4.64. The second kappa shape index (κ2) is 9.01. The number of hydrogen-bond donors (Lipinski definition) is 2. The molecule has 8 nitrogen and oxygen atoms in total. The molecule has 2 N–H and O–H groups in total. The fourth-order valence-corrected chi connectivity index (χ4v) is 5.01. The topological polar surface area (TPSA) is 106 Å². The van der Waals surface area contributed by atoms with Crippen LogP contribution in [0.3, 0.4) is 0 Å². The van der Waals surface area contributed by atoms with E-state index in [2.05, 4.69) is 36.3 Å². The maximum atomic E-state index is 12.5. The van der Waals surface area contributed by atoms with Crippen LogP contribution in [0.4, 0.5) is 0 Å². The number of pyridine rings is 2. The number of nitrogens with one attached hydrogen (secondary N) is 2. The van der Waals surface area contributed by atoms with Crippen LogP contribution < -0.4 is 5.32 Å². The summed E-state index contributed by atoms with van der Waals surface area (Å²) >= 11 is 1.32. The van der Waals surface area contributed by atoms with Gasteiger partial charge in [0.25, 0.3) is 0 Å². The van der Waals surface area contributed by atoms with Crippen LogP contribution in [0, 0.1) is 6.92 Å². The molecule has 4 aromatic heterocycles. The van der Waals surface area contributed by atoms with Gasteiger partial charge in [-0.1, -0.05) is 12.1 Å².